The molecule has 3 atom stereocenters. The quantitative estimate of drug-likeness (QED) is 0.507. The first-order chi connectivity index (χ1) is 17.0. The van der Waals surface area contributed by atoms with Crippen LogP contribution >= 0.6 is 0 Å². The summed E-state index contributed by atoms with van der Waals surface area (Å²) in [5.74, 6) is -2.90. The van der Waals surface area contributed by atoms with Crippen molar-refractivity contribution in [3.8, 4) is 0 Å². The average molecular weight is 503 g/mol. The lowest BCUT2D eigenvalue weighted by Gasteiger charge is -2.37. The van der Waals surface area contributed by atoms with Crippen molar-refractivity contribution < 1.29 is 28.6 Å². The standard InChI is InChI=1S/C25H31FN4O6/c1-12-4-5-16-20-17(22(31)18(24(33)34)11-30(12)20)10-19(26)21(16)29-8-6-15(7-9-29)36-25(35)14(3)28-23(32)13(2)27/h10-15H,4-9,27H2,1-3H3,(H,28,32)(H,33,34)/t12-,13-,14-/m0/s1. The fourth-order valence-corrected chi connectivity index (χ4v) is 5.00. The maximum atomic E-state index is 15.4. The number of aromatic nitrogens is 1. The van der Waals surface area contributed by atoms with Gasteiger partial charge in [0.15, 0.2) is 0 Å². The number of benzene rings is 1. The van der Waals surface area contributed by atoms with Crippen LogP contribution in [-0.2, 0) is 20.7 Å². The SMILES string of the molecule is C[C@H](N)C(=O)N[C@@H](C)C(=O)OC1CCN(c2c(F)cc3c(=O)c(C(=O)O)cn4c3c2CC[C@@H]4C)CC1. The predicted octanol–water partition coefficient (Wildman–Crippen LogP) is 1.71. The Hall–Kier alpha value is -3.47. The highest BCUT2D eigenvalue weighted by Crippen LogP contribution is 2.39. The normalized spacial score (nSPS) is 19.6. The third-order valence-corrected chi connectivity index (χ3v) is 7.02. The van der Waals surface area contributed by atoms with Gasteiger partial charge in [0, 0.05) is 49.1 Å². The van der Waals surface area contributed by atoms with E-state index in [1.165, 1.54) is 20.0 Å². The van der Waals surface area contributed by atoms with Gasteiger partial charge < -0.3 is 30.4 Å². The van der Waals surface area contributed by atoms with Crippen molar-refractivity contribution in [2.75, 3.05) is 18.0 Å². The number of esters is 1. The van der Waals surface area contributed by atoms with Gasteiger partial charge in [-0.2, -0.15) is 0 Å². The summed E-state index contributed by atoms with van der Waals surface area (Å²) in [7, 11) is 0. The molecule has 2 aliphatic rings. The molecule has 0 radical (unpaired) electrons. The van der Waals surface area contributed by atoms with Gasteiger partial charge >= 0.3 is 11.9 Å². The Morgan fingerprint density at radius 2 is 1.89 bits per heavy atom. The number of anilines is 1. The number of carbonyl (C=O) groups excluding carboxylic acids is 2. The van der Waals surface area contributed by atoms with Crippen LogP contribution in [0, 0.1) is 5.82 Å². The fourth-order valence-electron chi connectivity index (χ4n) is 5.00. The summed E-state index contributed by atoms with van der Waals surface area (Å²) < 4.78 is 22.8. The molecule has 0 saturated carbocycles. The van der Waals surface area contributed by atoms with E-state index in [4.69, 9.17) is 10.5 Å². The zero-order valence-electron chi connectivity index (χ0n) is 20.5. The Balaban J connectivity index is 1.56. The summed E-state index contributed by atoms with van der Waals surface area (Å²) in [6, 6.07) is -0.464. The lowest BCUT2D eigenvalue weighted by Crippen LogP contribution is -2.48. The number of hydrogen-bond acceptors (Lipinski definition) is 7. The van der Waals surface area contributed by atoms with Crippen LogP contribution in [0.4, 0.5) is 10.1 Å². The molecular formula is C25H31FN4O6. The van der Waals surface area contributed by atoms with Gasteiger partial charge in [0.2, 0.25) is 11.3 Å². The highest BCUT2D eigenvalue weighted by Gasteiger charge is 2.31. The second-order valence-corrected chi connectivity index (χ2v) is 9.70. The molecule has 1 amide bonds. The predicted molar refractivity (Wildman–Crippen MR) is 131 cm³/mol. The molecule has 10 nitrogen and oxygen atoms in total. The van der Waals surface area contributed by atoms with E-state index >= 15 is 4.39 Å². The number of pyridine rings is 1. The largest absolute Gasteiger partial charge is 0.477 e. The van der Waals surface area contributed by atoms with Crippen molar-refractivity contribution in [3.63, 3.8) is 0 Å². The molecule has 11 heteroatoms. The van der Waals surface area contributed by atoms with Gasteiger partial charge in [-0.1, -0.05) is 0 Å². The van der Waals surface area contributed by atoms with Crippen LogP contribution in [0.25, 0.3) is 10.9 Å². The zero-order chi connectivity index (χ0) is 26.3. The van der Waals surface area contributed by atoms with Crippen molar-refractivity contribution in [3.05, 3.63) is 39.4 Å². The minimum Gasteiger partial charge on any atom is -0.477 e. The van der Waals surface area contributed by atoms with Crippen LogP contribution in [0.1, 0.15) is 62.0 Å². The number of nitrogens with zero attached hydrogens (tertiary/aromatic N) is 2. The van der Waals surface area contributed by atoms with Crippen molar-refractivity contribution in [2.45, 2.75) is 70.7 Å². The van der Waals surface area contributed by atoms with E-state index in [9.17, 15) is 24.3 Å². The molecular weight excluding hydrogens is 471 g/mol. The van der Waals surface area contributed by atoms with E-state index in [1.54, 1.807) is 4.57 Å². The number of aromatic carboxylic acids is 1. The number of halogens is 1. The number of aryl methyl sites for hydroxylation is 1. The minimum absolute atomic E-state index is 0.0353. The average Bonchev–Trinajstić information content (AvgIpc) is 2.82. The molecule has 2 aromatic rings. The van der Waals surface area contributed by atoms with Gasteiger partial charge in [0.1, 0.15) is 23.5 Å². The Morgan fingerprint density at radius 3 is 2.50 bits per heavy atom. The maximum Gasteiger partial charge on any atom is 0.341 e. The van der Waals surface area contributed by atoms with Crippen LogP contribution in [0.5, 0.6) is 0 Å². The molecule has 1 fully saturated rings. The number of piperidine rings is 1. The third kappa shape index (κ3) is 4.67. The molecule has 0 unspecified atom stereocenters. The summed E-state index contributed by atoms with van der Waals surface area (Å²) in [6.45, 7) is 5.86. The molecule has 0 spiro atoms. The first-order valence-electron chi connectivity index (χ1n) is 12.1. The molecule has 0 bridgehead atoms. The molecule has 0 aliphatic carbocycles. The zero-order valence-corrected chi connectivity index (χ0v) is 20.5. The Bertz CT molecular complexity index is 1280. The molecule has 194 valence electrons. The third-order valence-electron chi connectivity index (χ3n) is 7.02. The molecule has 2 aliphatic heterocycles. The van der Waals surface area contributed by atoms with Crippen LogP contribution in [0.3, 0.4) is 0 Å². The molecule has 1 aromatic heterocycles. The maximum absolute atomic E-state index is 15.4. The number of nitrogens with two attached hydrogens (primary N) is 1. The number of rotatable bonds is 6. The monoisotopic (exact) mass is 502 g/mol. The van der Waals surface area contributed by atoms with Crippen molar-refractivity contribution in [2.24, 2.45) is 5.73 Å². The van der Waals surface area contributed by atoms with E-state index in [1.807, 2.05) is 11.8 Å². The Morgan fingerprint density at radius 1 is 1.22 bits per heavy atom. The Kier molecular flexibility index (Phi) is 7.03. The van der Waals surface area contributed by atoms with Crippen molar-refractivity contribution in [1.29, 1.82) is 0 Å². The van der Waals surface area contributed by atoms with E-state index in [0.717, 1.165) is 6.07 Å². The van der Waals surface area contributed by atoms with Crippen LogP contribution in [0.15, 0.2) is 17.1 Å². The molecule has 4 rings (SSSR count). The van der Waals surface area contributed by atoms with Crippen molar-refractivity contribution in [1.82, 2.24) is 9.88 Å². The number of carboxylic acids is 1. The summed E-state index contributed by atoms with van der Waals surface area (Å²) in [5.41, 5.74) is 6.13. The molecule has 4 N–H and O–H groups in total. The minimum atomic E-state index is -1.34. The van der Waals surface area contributed by atoms with Gasteiger partial charge in [-0.15, -0.1) is 0 Å². The number of nitrogens with one attached hydrogen (secondary N) is 1. The summed E-state index contributed by atoms with van der Waals surface area (Å²) in [6.07, 6.45) is 3.16. The van der Waals surface area contributed by atoms with E-state index in [2.05, 4.69) is 5.32 Å². The molecule has 3 heterocycles. The van der Waals surface area contributed by atoms with Crippen LogP contribution < -0.4 is 21.4 Å². The smallest absolute Gasteiger partial charge is 0.341 e. The Labute approximate surface area is 207 Å². The molecule has 36 heavy (non-hydrogen) atoms. The van der Waals surface area contributed by atoms with Gasteiger partial charge in [-0.25, -0.2) is 14.0 Å². The van der Waals surface area contributed by atoms with E-state index in [-0.39, 0.29) is 23.1 Å². The second kappa shape index (κ2) is 9.88. The van der Waals surface area contributed by atoms with E-state index < -0.39 is 41.2 Å². The highest BCUT2D eigenvalue weighted by molar-refractivity contribution is 5.95. The lowest BCUT2D eigenvalue weighted by molar-refractivity contribution is -0.153. The first-order valence-corrected chi connectivity index (χ1v) is 12.1. The fraction of sp³-hybridized carbons (Fsp3) is 0.520. The summed E-state index contributed by atoms with van der Waals surface area (Å²) in [4.78, 5) is 50.4. The second-order valence-electron chi connectivity index (χ2n) is 9.70. The number of carboxylic acid groups (broad SMARTS) is 1. The number of carbonyl (C=O) groups is 3. The summed E-state index contributed by atoms with van der Waals surface area (Å²) in [5, 5.41) is 12.0. The number of hydrogen-bond donors (Lipinski definition) is 3. The topological polar surface area (TPSA) is 144 Å². The van der Waals surface area contributed by atoms with Gasteiger partial charge in [0.05, 0.1) is 17.2 Å². The number of amides is 1. The summed E-state index contributed by atoms with van der Waals surface area (Å²) >= 11 is 0. The molecule has 1 aromatic carbocycles. The van der Waals surface area contributed by atoms with Crippen molar-refractivity contribution >= 4 is 34.4 Å². The molecule has 1 saturated heterocycles. The highest BCUT2D eigenvalue weighted by atomic mass is 19.1. The van der Waals surface area contributed by atoms with Gasteiger partial charge in [0.25, 0.3) is 0 Å². The van der Waals surface area contributed by atoms with Gasteiger partial charge in [-0.05, 0) is 39.7 Å². The number of ether oxygens (including phenoxy) is 1. The van der Waals surface area contributed by atoms with E-state index in [0.29, 0.717) is 55.5 Å². The first kappa shape index (κ1) is 25.6. The lowest BCUT2D eigenvalue weighted by atomic mass is 9.93. The van der Waals surface area contributed by atoms with Gasteiger partial charge in [-0.3, -0.25) is 9.59 Å². The van der Waals surface area contributed by atoms with Crippen LogP contribution in [0.2, 0.25) is 0 Å². The van der Waals surface area contributed by atoms with Crippen LogP contribution in [-0.4, -0.2) is 58.8 Å².